The summed E-state index contributed by atoms with van der Waals surface area (Å²) in [6.45, 7) is 6.72. The lowest BCUT2D eigenvalue weighted by Crippen LogP contribution is -2.22. The smallest absolute Gasteiger partial charge is 0.139 e. The van der Waals surface area contributed by atoms with Crippen LogP contribution in [0.25, 0.3) is 0 Å². The van der Waals surface area contributed by atoms with Crippen LogP contribution in [0.15, 0.2) is 17.8 Å². The van der Waals surface area contributed by atoms with Crippen LogP contribution < -0.4 is 11.1 Å². The molecule has 0 spiro atoms. The summed E-state index contributed by atoms with van der Waals surface area (Å²) in [6, 6.07) is 0. The molecule has 0 aromatic carbocycles. The SMILES string of the molecule is C=CCCOCCNCCC/C(N)=N\O. The maximum Gasteiger partial charge on any atom is 0.139 e. The summed E-state index contributed by atoms with van der Waals surface area (Å²) < 4.78 is 5.30. The van der Waals surface area contributed by atoms with E-state index in [4.69, 9.17) is 15.7 Å². The monoisotopic (exact) mass is 215 g/mol. The number of hydrogen-bond donors (Lipinski definition) is 3. The molecular weight excluding hydrogens is 194 g/mol. The lowest BCUT2D eigenvalue weighted by Gasteiger charge is -2.04. The summed E-state index contributed by atoms with van der Waals surface area (Å²) in [5.74, 6) is 0.277. The van der Waals surface area contributed by atoms with E-state index in [1.165, 1.54) is 0 Å². The molecule has 0 aliphatic carbocycles. The summed E-state index contributed by atoms with van der Waals surface area (Å²) in [5, 5.41) is 14.4. The van der Waals surface area contributed by atoms with E-state index < -0.39 is 0 Å². The Morgan fingerprint density at radius 2 is 2.27 bits per heavy atom. The zero-order valence-corrected chi connectivity index (χ0v) is 9.11. The molecule has 4 N–H and O–H groups in total. The number of nitrogens with one attached hydrogen (secondary N) is 1. The van der Waals surface area contributed by atoms with Crippen molar-refractivity contribution >= 4 is 5.84 Å². The summed E-state index contributed by atoms with van der Waals surface area (Å²) in [6.07, 6.45) is 4.21. The average Bonchev–Trinajstić information content (AvgIpc) is 2.26. The van der Waals surface area contributed by atoms with Crippen LogP contribution in [-0.4, -0.2) is 37.3 Å². The Hall–Kier alpha value is -1.07. The summed E-state index contributed by atoms with van der Waals surface area (Å²) in [4.78, 5) is 0. The van der Waals surface area contributed by atoms with Crippen LogP contribution in [0.2, 0.25) is 0 Å². The molecule has 0 aliphatic heterocycles. The third kappa shape index (κ3) is 10.9. The Morgan fingerprint density at radius 1 is 1.47 bits per heavy atom. The third-order valence-corrected chi connectivity index (χ3v) is 1.80. The van der Waals surface area contributed by atoms with Gasteiger partial charge in [0.05, 0.1) is 13.2 Å². The van der Waals surface area contributed by atoms with Crippen LogP contribution in [0.5, 0.6) is 0 Å². The highest BCUT2D eigenvalue weighted by Crippen LogP contribution is 1.86. The minimum Gasteiger partial charge on any atom is -0.409 e. The highest BCUT2D eigenvalue weighted by Gasteiger charge is 1.93. The highest BCUT2D eigenvalue weighted by atomic mass is 16.5. The Labute approximate surface area is 91.0 Å². The number of ether oxygens (including phenoxy) is 1. The van der Waals surface area contributed by atoms with E-state index in [2.05, 4.69) is 17.1 Å². The van der Waals surface area contributed by atoms with E-state index >= 15 is 0 Å². The van der Waals surface area contributed by atoms with Gasteiger partial charge < -0.3 is 21.0 Å². The summed E-state index contributed by atoms with van der Waals surface area (Å²) in [7, 11) is 0. The van der Waals surface area contributed by atoms with E-state index in [1.54, 1.807) is 0 Å². The van der Waals surface area contributed by atoms with Crippen molar-refractivity contribution < 1.29 is 9.94 Å². The molecule has 0 amide bonds. The van der Waals surface area contributed by atoms with Crippen LogP contribution >= 0.6 is 0 Å². The van der Waals surface area contributed by atoms with Gasteiger partial charge >= 0.3 is 0 Å². The molecule has 15 heavy (non-hydrogen) atoms. The van der Waals surface area contributed by atoms with Gasteiger partial charge in [0.25, 0.3) is 0 Å². The second-order valence-electron chi connectivity index (χ2n) is 3.13. The maximum absolute atomic E-state index is 8.27. The van der Waals surface area contributed by atoms with Crippen molar-refractivity contribution in [3.05, 3.63) is 12.7 Å². The molecule has 0 unspecified atom stereocenters. The van der Waals surface area contributed by atoms with E-state index in [1.807, 2.05) is 6.08 Å². The molecule has 0 aromatic rings. The zero-order chi connectivity index (χ0) is 11.4. The standard InChI is InChI=1S/C10H21N3O2/c1-2-3-8-15-9-7-12-6-4-5-10(11)13-14/h2,12,14H,1,3-9H2,(H2,11,13). The van der Waals surface area contributed by atoms with Gasteiger partial charge in [-0.05, 0) is 19.4 Å². The minimum atomic E-state index is 0.277. The molecule has 5 nitrogen and oxygen atoms in total. The fourth-order valence-electron chi connectivity index (χ4n) is 0.983. The molecule has 0 radical (unpaired) electrons. The molecule has 0 saturated carbocycles. The second kappa shape index (κ2) is 11.0. The van der Waals surface area contributed by atoms with Gasteiger partial charge in [-0.1, -0.05) is 11.2 Å². The fraction of sp³-hybridized carbons (Fsp3) is 0.700. The van der Waals surface area contributed by atoms with Crippen LogP contribution in [-0.2, 0) is 4.74 Å². The van der Waals surface area contributed by atoms with Gasteiger partial charge in [-0.2, -0.15) is 0 Å². The van der Waals surface area contributed by atoms with Crippen LogP contribution in [0.1, 0.15) is 19.3 Å². The molecule has 0 bridgehead atoms. The first-order valence-corrected chi connectivity index (χ1v) is 5.17. The molecule has 88 valence electrons. The predicted octanol–water partition coefficient (Wildman–Crippen LogP) is 0.695. The van der Waals surface area contributed by atoms with Crippen molar-refractivity contribution in [2.24, 2.45) is 10.9 Å². The quantitative estimate of drug-likeness (QED) is 0.125. The van der Waals surface area contributed by atoms with E-state index in [0.717, 1.165) is 32.5 Å². The summed E-state index contributed by atoms with van der Waals surface area (Å²) >= 11 is 0. The van der Waals surface area contributed by atoms with Crippen molar-refractivity contribution in [1.29, 1.82) is 0 Å². The van der Waals surface area contributed by atoms with Gasteiger partial charge in [0, 0.05) is 13.0 Å². The van der Waals surface area contributed by atoms with Crippen molar-refractivity contribution in [3.8, 4) is 0 Å². The fourth-order valence-corrected chi connectivity index (χ4v) is 0.983. The van der Waals surface area contributed by atoms with E-state index in [0.29, 0.717) is 13.0 Å². The largest absolute Gasteiger partial charge is 0.409 e. The molecule has 0 rings (SSSR count). The Bertz CT molecular complexity index is 184. The molecule has 0 saturated heterocycles. The molecule has 5 heteroatoms. The molecule has 0 aliphatic rings. The van der Waals surface area contributed by atoms with Crippen molar-refractivity contribution in [1.82, 2.24) is 5.32 Å². The van der Waals surface area contributed by atoms with Gasteiger partial charge in [-0.3, -0.25) is 0 Å². The second-order valence-corrected chi connectivity index (χ2v) is 3.13. The highest BCUT2D eigenvalue weighted by molar-refractivity contribution is 5.79. The first-order chi connectivity index (χ1) is 7.31. The van der Waals surface area contributed by atoms with Gasteiger partial charge in [-0.25, -0.2) is 0 Å². The zero-order valence-electron chi connectivity index (χ0n) is 9.11. The molecule has 0 atom stereocenters. The lowest BCUT2D eigenvalue weighted by molar-refractivity contribution is 0.140. The number of hydrogen-bond acceptors (Lipinski definition) is 4. The molecule has 0 fully saturated rings. The predicted molar refractivity (Wildman–Crippen MR) is 61.1 cm³/mol. The Balaban J connectivity index is 3.02. The van der Waals surface area contributed by atoms with E-state index in [-0.39, 0.29) is 5.84 Å². The average molecular weight is 215 g/mol. The normalized spacial score (nSPS) is 11.6. The van der Waals surface area contributed by atoms with Crippen molar-refractivity contribution in [2.45, 2.75) is 19.3 Å². The van der Waals surface area contributed by atoms with Gasteiger partial charge in [0.15, 0.2) is 0 Å². The van der Waals surface area contributed by atoms with Gasteiger partial charge in [0.1, 0.15) is 5.84 Å². The maximum atomic E-state index is 8.27. The van der Waals surface area contributed by atoms with Crippen LogP contribution in [0.3, 0.4) is 0 Å². The number of nitrogens with zero attached hydrogens (tertiary/aromatic N) is 1. The van der Waals surface area contributed by atoms with Crippen LogP contribution in [0.4, 0.5) is 0 Å². The number of rotatable bonds is 10. The molecular formula is C10H21N3O2. The lowest BCUT2D eigenvalue weighted by atomic mass is 10.3. The Morgan fingerprint density at radius 3 is 2.93 bits per heavy atom. The van der Waals surface area contributed by atoms with Crippen molar-refractivity contribution in [2.75, 3.05) is 26.3 Å². The van der Waals surface area contributed by atoms with Crippen LogP contribution in [0, 0.1) is 0 Å². The number of oxime groups is 1. The van der Waals surface area contributed by atoms with Gasteiger partial charge in [0.2, 0.25) is 0 Å². The summed E-state index contributed by atoms with van der Waals surface area (Å²) in [5.41, 5.74) is 5.31. The first-order valence-electron chi connectivity index (χ1n) is 5.17. The minimum absolute atomic E-state index is 0.277. The Kier molecular flexibility index (Phi) is 10.2. The van der Waals surface area contributed by atoms with Gasteiger partial charge in [-0.15, -0.1) is 6.58 Å². The van der Waals surface area contributed by atoms with Crippen molar-refractivity contribution in [3.63, 3.8) is 0 Å². The molecule has 0 aromatic heterocycles. The third-order valence-electron chi connectivity index (χ3n) is 1.80. The topological polar surface area (TPSA) is 79.9 Å². The number of nitrogens with two attached hydrogens (primary N) is 1. The molecule has 0 heterocycles. The number of amidine groups is 1. The first kappa shape index (κ1) is 13.9. The van der Waals surface area contributed by atoms with E-state index in [9.17, 15) is 0 Å².